The van der Waals surface area contributed by atoms with Crippen molar-refractivity contribution in [2.24, 2.45) is 0 Å². The van der Waals surface area contributed by atoms with Crippen molar-refractivity contribution < 1.29 is 5.11 Å². The van der Waals surface area contributed by atoms with Crippen LogP contribution >= 0.6 is 0 Å². The van der Waals surface area contributed by atoms with Gasteiger partial charge in [0, 0.05) is 19.6 Å². The van der Waals surface area contributed by atoms with E-state index < -0.39 is 0 Å². The molecule has 1 fully saturated rings. The molecule has 3 heteroatoms. The average molecular weight is 158 g/mol. The SMILES string of the molecule is CCC1N(C)CCN1CCO. The lowest BCUT2D eigenvalue weighted by atomic mass is 10.3. The van der Waals surface area contributed by atoms with Crippen molar-refractivity contribution in [2.45, 2.75) is 19.5 Å². The van der Waals surface area contributed by atoms with E-state index >= 15 is 0 Å². The predicted molar refractivity (Wildman–Crippen MR) is 45.4 cm³/mol. The monoisotopic (exact) mass is 158 g/mol. The Morgan fingerprint density at radius 2 is 2.18 bits per heavy atom. The number of rotatable bonds is 3. The number of hydrogen-bond acceptors (Lipinski definition) is 3. The largest absolute Gasteiger partial charge is 0.395 e. The molecule has 66 valence electrons. The third-order valence-electron chi connectivity index (χ3n) is 2.42. The summed E-state index contributed by atoms with van der Waals surface area (Å²) < 4.78 is 0. The first-order chi connectivity index (χ1) is 5.29. The minimum absolute atomic E-state index is 0.282. The van der Waals surface area contributed by atoms with E-state index in [4.69, 9.17) is 5.11 Å². The first-order valence-corrected chi connectivity index (χ1v) is 4.34. The van der Waals surface area contributed by atoms with Crippen LogP contribution in [0.1, 0.15) is 13.3 Å². The van der Waals surface area contributed by atoms with Crippen molar-refractivity contribution in [1.82, 2.24) is 9.80 Å². The van der Waals surface area contributed by atoms with Crippen molar-refractivity contribution >= 4 is 0 Å². The third-order valence-corrected chi connectivity index (χ3v) is 2.42. The van der Waals surface area contributed by atoms with Crippen LogP contribution < -0.4 is 0 Å². The first kappa shape index (κ1) is 8.97. The molecule has 0 radical (unpaired) electrons. The van der Waals surface area contributed by atoms with Gasteiger partial charge in [-0.3, -0.25) is 9.80 Å². The zero-order valence-corrected chi connectivity index (χ0v) is 7.45. The van der Waals surface area contributed by atoms with Crippen molar-refractivity contribution in [1.29, 1.82) is 0 Å². The molecule has 0 amide bonds. The second-order valence-electron chi connectivity index (χ2n) is 3.13. The van der Waals surface area contributed by atoms with E-state index in [1.807, 2.05) is 0 Å². The fourth-order valence-electron chi connectivity index (χ4n) is 1.82. The molecular formula is C8H18N2O. The molecule has 1 saturated heterocycles. The molecule has 0 aliphatic carbocycles. The number of likely N-dealkylation sites (N-methyl/N-ethyl adjacent to an activating group) is 1. The lowest BCUT2D eigenvalue weighted by Gasteiger charge is -2.25. The summed E-state index contributed by atoms with van der Waals surface area (Å²) in [6.45, 7) is 5.54. The maximum atomic E-state index is 8.77. The third kappa shape index (κ3) is 1.92. The first-order valence-electron chi connectivity index (χ1n) is 4.34. The molecule has 11 heavy (non-hydrogen) atoms. The number of aliphatic hydroxyl groups excluding tert-OH is 1. The Bertz CT molecular complexity index is 117. The maximum absolute atomic E-state index is 8.77. The summed E-state index contributed by atoms with van der Waals surface area (Å²) in [6.07, 6.45) is 1.71. The molecule has 0 bridgehead atoms. The zero-order valence-electron chi connectivity index (χ0n) is 7.45. The van der Waals surface area contributed by atoms with E-state index in [2.05, 4.69) is 23.8 Å². The highest BCUT2D eigenvalue weighted by Crippen LogP contribution is 2.13. The van der Waals surface area contributed by atoms with Crippen molar-refractivity contribution in [2.75, 3.05) is 33.3 Å². The van der Waals surface area contributed by atoms with Gasteiger partial charge in [-0.15, -0.1) is 0 Å². The minimum atomic E-state index is 0.282. The van der Waals surface area contributed by atoms with Crippen molar-refractivity contribution in [3.8, 4) is 0 Å². The van der Waals surface area contributed by atoms with Gasteiger partial charge in [0.25, 0.3) is 0 Å². The quantitative estimate of drug-likeness (QED) is 0.624. The topological polar surface area (TPSA) is 26.7 Å². The van der Waals surface area contributed by atoms with Crippen LogP contribution in [0.4, 0.5) is 0 Å². The van der Waals surface area contributed by atoms with Gasteiger partial charge in [-0.1, -0.05) is 6.92 Å². The molecule has 0 saturated carbocycles. The summed E-state index contributed by atoms with van der Waals surface area (Å²) in [5.74, 6) is 0. The molecular weight excluding hydrogens is 140 g/mol. The van der Waals surface area contributed by atoms with Crippen LogP contribution in [-0.2, 0) is 0 Å². The lowest BCUT2D eigenvalue weighted by Crippen LogP contribution is -2.37. The van der Waals surface area contributed by atoms with Gasteiger partial charge in [0.1, 0.15) is 0 Å². The van der Waals surface area contributed by atoms with Gasteiger partial charge in [0.15, 0.2) is 0 Å². The van der Waals surface area contributed by atoms with Gasteiger partial charge in [-0.05, 0) is 13.5 Å². The molecule has 1 aliphatic heterocycles. The molecule has 1 aliphatic rings. The van der Waals surface area contributed by atoms with Gasteiger partial charge >= 0.3 is 0 Å². The summed E-state index contributed by atoms with van der Waals surface area (Å²) in [5, 5.41) is 8.77. The van der Waals surface area contributed by atoms with Crippen molar-refractivity contribution in [3.63, 3.8) is 0 Å². The lowest BCUT2D eigenvalue weighted by molar-refractivity contribution is 0.127. The van der Waals surface area contributed by atoms with E-state index in [-0.39, 0.29) is 6.61 Å². The summed E-state index contributed by atoms with van der Waals surface area (Å²) in [5.41, 5.74) is 0. The number of aliphatic hydroxyl groups is 1. The minimum Gasteiger partial charge on any atom is -0.395 e. The van der Waals surface area contributed by atoms with E-state index in [0.717, 1.165) is 26.1 Å². The number of hydrogen-bond donors (Lipinski definition) is 1. The zero-order chi connectivity index (χ0) is 8.27. The molecule has 0 aromatic rings. The Morgan fingerprint density at radius 3 is 2.73 bits per heavy atom. The van der Waals surface area contributed by atoms with Gasteiger partial charge in [-0.2, -0.15) is 0 Å². The van der Waals surface area contributed by atoms with Crippen LogP contribution in [0.3, 0.4) is 0 Å². The summed E-state index contributed by atoms with van der Waals surface area (Å²) in [6, 6.07) is 0. The standard InChI is InChI=1S/C8H18N2O/c1-3-8-9(2)4-5-10(8)6-7-11/h8,11H,3-7H2,1-2H3. The second-order valence-corrected chi connectivity index (χ2v) is 3.13. The van der Waals surface area contributed by atoms with Crippen LogP contribution in [0.15, 0.2) is 0 Å². The average Bonchev–Trinajstić information content (AvgIpc) is 2.33. The smallest absolute Gasteiger partial charge is 0.0618 e. The molecule has 1 rings (SSSR count). The van der Waals surface area contributed by atoms with Crippen LogP contribution in [0, 0.1) is 0 Å². The van der Waals surface area contributed by atoms with E-state index in [9.17, 15) is 0 Å². The normalized spacial score (nSPS) is 28.1. The highest BCUT2D eigenvalue weighted by atomic mass is 16.3. The Balaban J connectivity index is 2.40. The van der Waals surface area contributed by atoms with Crippen LogP contribution in [0.5, 0.6) is 0 Å². The Morgan fingerprint density at radius 1 is 1.45 bits per heavy atom. The Hall–Kier alpha value is -0.120. The Labute approximate surface area is 68.6 Å². The maximum Gasteiger partial charge on any atom is 0.0618 e. The molecule has 1 heterocycles. The fourth-order valence-corrected chi connectivity index (χ4v) is 1.82. The molecule has 0 aromatic carbocycles. The van der Waals surface area contributed by atoms with Gasteiger partial charge in [0.2, 0.25) is 0 Å². The highest BCUT2D eigenvalue weighted by Gasteiger charge is 2.26. The van der Waals surface area contributed by atoms with Crippen LogP contribution in [0.25, 0.3) is 0 Å². The summed E-state index contributed by atoms with van der Waals surface area (Å²) in [7, 11) is 2.14. The van der Waals surface area contributed by atoms with Gasteiger partial charge in [0.05, 0.1) is 12.8 Å². The summed E-state index contributed by atoms with van der Waals surface area (Å²) in [4.78, 5) is 4.68. The van der Waals surface area contributed by atoms with Crippen LogP contribution in [0.2, 0.25) is 0 Å². The van der Waals surface area contributed by atoms with Crippen molar-refractivity contribution in [3.05, 3.63) is 0 Å². The van der Waals surface area contributed by atoms with E-state index in [1.54, 1.807) is 0 Å². The van der Waals surface area contributed by atoms with E-state index in [1.165, 1.54) is 0 Å². The summed E-state index contributed by atoms with van der Waals surface area (Å²) >= 11 is 0. The predicted octanol–water partition coefficient (Wildman–Crippen LogP) is -0.0378. The fraction of sp³-hybridized carbons (Fsp3) is 1.00. The van der Waals surface area contributed by atoms with Crippen LogP contribution in [-0.4, -0.2) is 54.4 Å². The Kier molecular flexibility index (Phi) is 3.30. The number of β-amino-alcohol motifs (C(OH)–C–C–N with tert-alkyl or cyclic N) is 1. The van der Waals surface area contributed by atoms with Gasteiger partial charge in [-0.25, -0.2) is 0 Å². The molecule has 0 spiro atoms. The second kappa shape index (κ2) is 4.04. The molecule has 1 unspecified atom stereocenters. The number of nitrogens with zero attached hydrogens (tertiary/aromatic N) is 2. The molecule has 0 aromatic heterocycles. The van der Waals surface area contributed by atoms with E-state index in [0.29, 0.717) is 6.17 Å². The highest BCUT2D eigenvalue weighted by molar-refractivity contribution is 4.77. The molecule has 1 atom stereocenters. The molecule has 1 N–H and O–H groups in total. The molecule has 3 nitrogen and oxygen atoms in total. The van der Waals surface area contributed by atoms with Gasteiger partial charge < -0.3 is 5.11 Å².